The highest BCUT2D eigenvalue weighted by Gasteiger charge is 2.01. The van der Waals surface area contributed by atoms with Crippen molar-refractivity contribution in [3.05, 3.63) is 54.4 Å². The maximum Gasteiger partial charge on any atom is 0.126 e. The molecule has 70 valence electrons. The summed E-state index contributed by atoms with van der Waals surface area (Å²) in [5, 5.41) is 0. The van der Waals surface area contributed by atoms with Crippen molar-refractivity contribution in [2.24, 2.45) is 0 Å². The maximum atomic E-state index is 12.9. The molecule has 1 heterocycles. The first-order valence-electron chi connectivity index (χ1n) is 4.12. The Morgan fingerprint density at radius 3 is 1.93 bits per heavy atom. The van der Waals surface area contributed by atoms with Gasteiger partial charge in [0.15, 0.2) is 0 Å². The molecule has 14 heavy (non-hydrogen) atoms. The first-order chi connectivity index (χ1) is 6.75. The third kappa shape index (κ3) is 1.76. The second-order valence-corrected chi connectivity index (χ2v) is 2.89. The molecule has 1 nitrogen and oxygen atoms in total. The van der Waals surface area contributed by atoms with Gasteiger partial charge in [0.05, 0.1) is 0 Å². The molecular formula is C11H7F2N. The van der Waals surface area contributed by atoms with Crippen molar-refractivity contribution in [3.8, 4) is 11.1 Å². The molecule has 0 bridgehead atoms. The fourth-order valence-electron chi connectivity index (χ4n) is 1.26. The monoisotopic (exact) mass is 191 g/mol. The molecule has 0 saturated heterocycles. The number of halogens is 2. The van der Waals surface area contributed by atoms with Gasteiger partial charge in [-0.3, -0.25) is 4.98 Å². The van der Waals surface area contributed by atoms with Gasteiger partial charge in [0.25, 0.3) is 0 Å². The summed E-state index contributed by atoms with van der Waals surface area (Å²) in [5.41, 5.74) is 1.27. The zero-order chi connectivity index (χ0) is 9.97. The van der Waals surface area contributed by atoms with Crippen LogP contribution in [0.3, 0.4) is 0 Å². The average molecular weight is 191 g/mol. The normalized spacial score (nSPS) is 10.1. The van der Waals surface area contributed by atoms with Gasteiger partial charge in [0.1, 0.15) is 11.6 Å². The van der Waals surface area contributed by atoms with Crippen LogP contribution in [0.25, 0.3) is 11.1 Å². The van der Waals surface area contributed by atoms with E-state index >= 15 is 0 Å². The summed E-state index contributed by atoms with van der Waals surface area (Å²) in [6.45, 7) is 0. The molecule has 0 aliphatic rings. The van der Waals surface area contributed by atoms with Crippen LogP contribution in [0.4, 0.5) is 8.78 Å². The van der Waals surface area contributed by atoms with Crippen molar-refractivity contribution in [2.75, 3.05) is 0 Å². The van der Waals surface area contributed by atoms with Crippen molar-refractivity contribution in [2.45, 2.75) is 0 Å². The summed E-state index contributed by atoms with van der Waals surface area (Å²) >= 11 is 0. The van der Waals surface area contributed by atoms with E-state index in [1.165, 1.54) is 12.1 Å². The quantitative estimate of drug-likeness (QED) is 0.675. The van der Waals surface area contributed by atoms with E-state index in [0.717, 1.165) is 11.6 Å². The number of nitrogens with zero attached hydrogens (tertiary/aromatic N) is 1. The summed E-state index contributed by atoms with van der Waals surface area (Å²) in [4.78, 5) is 3.83. The highest BCUT2D eigenvalue weighted by Crippen LogP contribution is 2.20. The van der Waals surface area contributed by atoms with Gasteiger partial charge in [-0.1, -0.05) is 0 Å². The first-order valence-corrected chi connectivity index (χ1v) is 4.12. The van der Waals surface area contributed by atoms with Gasteiger partial charge in [0.2, 0.25) is 0 Å². The van der Waals surface area contributed by atoms with Crippen LogP contribution in [0.2, 0.25) is 0 Å². The van der Waals surface area contributed by atoms with E-state index in [4.69, 9.17) is 0 Å². The van der Waals surface area contributed by atoms with Gasteiger partial charge in [-0.15, -0.1) is 0 Å². The van der Waals surface area contributed by atoms with Crippen LogP contribution in [0.1, 0.15) is 0 Å². The molecule has 0 aliphatic carbocycles. The van der Waals surface area contributed by atoms with Crippen LogP contribution in [0.15, 0.2) is 42.7 Å². The van der Waals surface area contributed by atoms with E-state index in [1.54, 1.807) is 24.5 Å². The van der Waals surface area contributed by atoms with Crippen LogP contribution < -0.4 is 0 Å². The lowest BCUT2D eigenvalue weighted by atomic mass is 10.1. The molecule has 0 N–H and O–H groups in total. The highest BCUT2D eigenvalue weighted by molar-refractivity contribution is 5.62. The first kappa shape index (κ1) is 8.81. The summed E-state index contributed by atoms with van der Waals surface area (Å²) in [6, 6.07) is 6.84. The molecule has 0 amide bonds. The molecule has 0 unspecified atom stereocenters. The Labute approximate surface area is 80.0 Å². The van der Waals surface area contributed by atoms with Crippen molar-refractivity contribution in [1.29, 1.82) is 0 Å². The van der Waals surface area contributed by atoms with E-state index in [-0.39, 0.29) is 0 Å². The zero-order valence-corrected chi connectivity index (χ0v) is 7.24. The Balaban J connectivity index is 2.52. The van der Waals surface area contributed by atoms with Crippen molar-refractivity contribution in [3.63, 3.8) is 0 Å². The van der Waals surface area contributed by atoms with Gasteiger partial charge in [-0.2, -0.15) is 0 Å². The predicted molar refractivity (Wildman–Crippen MR) is 49.6 cm³/mol. The third-order valence-corrected chi connectivity index (χ3v) is 1.88. The summed E-state index contributed by atoms with van der Waals surface area (Å²) < 4.78 is 25.7. The van der Waals surface area contributed by atoms with E-state index < -0.39 is 11.6 Å². The van der Waals surface area contributed by atoms with Gasteiger partial charge in [-0.05, 0) is 35.4 Å². The Morgan fingerprint density at radius 2 is 1.36 bits per heavy atom. The molecule has 2 aromatic rings. The molecule has 0 aliphatic heterocycles. The molecule has 3 heteroatoms. The molecule has 2 rings (SSSR count). The smallest absolute Gasteiger partial charge is 0.126 e. The van der Waals surface area contributed by atoms with Gasteiger partial charge in [-0.25, -0.2) is 8.78 Å². The SMILES string of the molecule is Fc1cc(F)cc(-c2ccncc2)c1. The second kappa shape index (κ2) is 3.54. The lowest BCUT2D eigenvalue weighted by Crippen LogP contribution is -1.84. The minimum absolute atomic E-state index is 0.518. The van der Waals surface area contributed by atoms with Gasteiger partial charge >= 0.3 is 0 Å². The molecule has 0 spiro atoms. The number of pyridine rings is 1. The Kier molecular flexibility index (Phi) is 2.23. The van der Waals surface area contributed by atoms with E-state index in [2.05, 4.69) is 4.98 Å². The number of hydrogen-bond donors (Lipinski definition) is 0. The van der Waals surface area contributed by atoms with Crippen LogP contribution in [0.5, 0.6) is 0 Å². The number of aromatic nitrogens is 1. The summed E-state index contributed by atoms with van der Waals surface area (Å²) in [7, 11) is 0. The molecule has 0 saturated carbocycles. The Morgan fingerprint density at radius 1 is 0.786 bits per heavy atom. The molecular weight excluding hydrogens is 184 g/mol. The Bertz CT molecular complexity index is 420. The number of benzene rings is 1. The molecule has 1 aromatic heterocycles. The van der Waals surface area contributed by atoms with Crippen LogP contribution >= 0.6 is 0 Å². The van der Waals surface area contributed by atoms with E-state index in [0.29, 0.717) is 5.56 Å². The Hall–Kier alpha value is -1.77. The van der Waals surface area contributed by atoms with Crippen molar-refractivity contribution < 1.29 is 8.78 Å². The fraction of sp³-hybridized carbons (Fsp3) is 0. The lowest BCUT2D eigenvalue weighted by molar-refractivity contribution is 0.584. The van der Waals surface area contributed by atoms with E-state index in [1.807, 2.05) is 0 Å². The minimum Gasteiger partial charge on any atom is -0.265 e. The molecule has 0 radical (unpaired) electrons. The van der Waals surface area contributed by atoms with Crippen molar-refractivity contribution >= 4 is 0 Å². The summed E-state index contributed by atoms with van der Waals surface area (Å²) in [5.74, 6) is -1.14. The maximum absolute atomic E-state index is 12.9. The van der Waals surface area contributed by atoms with Gasteiger partial charge < -0.3 is 0 Å². The second-order valence-electron chi connectivity index (χ2n) is 2.89. The molecule has 1 aromatic carbocycles. The predicted octanol–water partition coefficient (Wildman–Crippen LogP) is 3.03. The molecule has 0 fully saturated rings. The highest BCUT2D eigenvalue weighted by atomic mass is 19.1. The topological polar surface area (TPSA) is 12.9 Å². The number of hydrogen-bond acceptors (Lipinski definition) is 1. The van der Waals surface area contributed by atoms with Crippen LogP contribution in [-0.2, 0) is 0 Å². The molecule has 0 atom stereocenters. The largest absolute Gasteiger partial charge is 0.265 e. The third-order valence-electron chi connectivity index (χ3n) is 1.88. The lowest BCUT2D eigenvalue weighted by Gasteiger charge is -2.01. The van der Waals surface area contributed by atoms with Crippen LogP contribution in [0, 0.1) is 11.6 Å². The fourth-order valence-corrected chi connectivity index (χ4v) is 1.26. The number of rotatable bonds is 1. The van der Waals surface area contributed by atoms with Crippen LogP contribution in [-0.4, -0.2) is 4.98 Å². The van der Waals surface area contributed by atoms with Gasteiger partial charge in [0, 0.05) is 18.5 Å². The minimum atomic E-state index is -0.572. The zero-order valence-electron chi connectivity index (χ0n) is 7.24. The average Bonchev–Trinajstić information content (AvgIpc) is 2.18. The van der Waals surface area contributed by atoms with E-state index in [9.17, 15) is 8.78 Å². The standard InChI is InChI=1S/C11H7F2N/c12-10-5-9(6-11(13)7-10)8-1-3-14-4-2-8/h1-7H. The summed E-state index contributed by atoms with van der Waals surface area (Å²) in [6.07, 6.45) is 3.16. The van der Waals surface area contributed by atoms with Crippen molar-refractivity contribution in [1.82, 2.24) is 4.98 Å².